The van der Waals surface area contributed by atoms with Crippen molar-refractivity contribution in [3.05, 3.63) is 89.2 Å². The monoisotopic (exact) mass is 603 g/mol. The first kappa shape index (κ1) is 31.9. The number of anilines is 1. The molecule has 8 nitrogen and oxygen atoms in total. The summed E-state index contributed by atoms with van der Waals surface area (Å²) in [6.07, 6.45) is 0.671. The lowest BCUT2D eigenvalue weighted by Gasteiger charge is -2.32. The van der Waals surface area contributed by atoms with E-state index in [0.29, 0.717) is 23.8 Å². The molecular formula is C30H35ClFN3O5S. The number of carbonyl (C=O) groups is 2. The minimum Gasteiger partial charge on any atom is -0.494 e. The second-order valence-electron chi connectivity index (χ2n) is 9.50. The van der Waals surface area contributed by atoms with Gasteiger partial charge in [0.2, 0.25) is 11.8 Å². The summed E-state index contributed by atoms with van der Waals surface area (Å²) >= 11 is 5.98. The number of amides is 2. The molecule has 3 aromatic rings. The molecule has 0 unspecified atom stereocenters. The molecule has 0 bridgehead atoms. The van der Waals surface area contributed by atoms with Crippen LogP contribution >= 0.6 is 11.6 Å². The minimum atomic E-state index is -4.26. The highest BCUT2D eigenvalue weighted by Gasteiger charge is 2.33. The summed E-state index contributed by atoms with van der Waals surface area (Å²) < 4.78 is 48.8. The van der Waals surface area contributed by atoms with E-state index in [1.54, 1.807) is 18.2 Å². The number of halogens is 2. The molecule has 0 saturated carbocycles. The van der Waals surface area contributed by atoms with Crippen LogP contribution in [0.25, 0.3) is 0 Å². The lowest BCUT2D eigenvalue weighted by Crippen LogP contribution is -2.52. The molecule has 220 valence electrons. The van der Waals surface area contributed by atoms with E-state index in [0.717, 1.165) is 4.31 Å². The molecule has 0 fully saturated rings. The highest BCUT2D eigenvalue weighted by Crippen LogP contribution is 2.27. The van der Waals surface area contributed by atoms with Crippen molar-refractivity contribution in [2.45, 2.75) is 57.6 Å². The van der Waals surface area contributed by atoms with Gasteiger partial charge in [0.25, 0.3) is 10.0 Å². The van der Waals surface area contributed by atoms with Crippen molar-refractivity contribution in [2.75, 3.05) is 17.5 Å². The Hall–Kier alpha value is -3.63. The van der Waals surface area contributed by atoms with Crippen LogP contribution in [0.5, 0.6) is 5.75 Å². The molecule has 2 amide bonds. The molecule has 3 rings (SSSR count). The molecule has 11 heteroatoms. The molecule has 0 spiro atoms. The van der Waals surface area contributed by atoms with Gasteiger partial charge >= 0.3 is 0 Å². The van der Waals surface area contributed by atoms with Crippen LogP contribution in [0, 0.1) is 5.82 Å². The van der Waals surface area contributed by atoms with Crippen LogP contribution in [0.15, 0.2) is 77.7 Å². The zero-order chi connectivity index (χ0) is 30.2. The van der Waals surface area contributed by atoms with Crippen molar-refractivity contribution >= 4 is 39.1 Å². The number of nitrogens with zero attached hydrogens (tertiary/aromatic N) is 2. The highest BCUT2D eigenvalue weighted by atomic mass is 35.5. The van der Waals surface area contributed by atoms with E-state index in [1.807, 2.05) is 20.8 Å². The third-order valence-electron chi connectivity index (χ3n) is 6.58. The molecule has 41 heavy (non-hydrogen) atoms. The topological polar surface area (TPSA) is 96.0 Å². The number of hydrogen-bond acceptors (Lipinski definition) is 5. The van der Waals surface area contributed by atoms with E-state index in [2.05, 4.69) is 5.32 Å². The maximum absolute atomic E-state index is 14.6. The molecule has 0 heterocycles. The Kier molecular flexibility index (Phi) is 11.1. The number of sulfonamides is 1. The van der Waals surface area contributed by atoms with Gasteiger partial charge < -0.3 is 15.0 Å². The van der Waals surface area contributed by atoms with Gasteiger partial charge in [0.05, 0.1) is 17.2 Å². The maximum Gasteiger partial charge on any atom is 0.264 e. The molecular weight excluding hydrogens is 569 g/mol. The Bertz CT molecular complexity index is 1440. The van der Waals surface area contributed by atoms with Gasteiger partial charge in [0.15, 0.2) is 0 Å². The summed E-state index contributed by atoms with van der Waals surface area (Å²) in [4.78, 5) is 28.1. The standard InChI is InChI=1S/C30H35ClFN3O5S/c1-5-21(3)33-30(37)22(4)34(19-23-9-7-8-10-28(23)32)29(36)20-35(25-13-15-26(16-14-25)40-6-2)41(38,39)27-17-11-24(31)12-18-27/h7-18,21-22H,5-6,19-20H2,1-4H3,(H,33,37)/t21-,22-/m0/s1. The van der Waals surface area contributed by atoms with Gasteiger partial charge in [-0.2, -0.15) is 0 Å². The van der Waals surface area contributed by atoms with Crippen molar-refractivity contribution in [3.63, 3.8) is 0 Å². The van der Waals surface area contributed by atoms with E-state index >= 15 is 0 Å². The highest BCUT2D eigenvalue weighted by molar-refractivity contribution is 7.92. The predicted molar refractivity (Wildman–Crippen MR) is 158 cm³/mol. The molecule has 2 atom stereocenters. The van der Waals surface area contributed by atoms with E-state index in [1.165, 1.54) is 66.4 Å². The van der Waals surface area contributed by atoms with Crippen molar-refractivity contribution in [1.29, 1.82) is 0 Å². The first-order chi connectivity index (χ1) is 19.5. The molecule has 0 aromatic heterocycles. The van der Waals surface area contributed by atoms with Crippen LogP contribution in [0.4, 0.5) is 10.1 Å². The zero-order valence-corrected chi connectivity index (χ0v) is 25.1. The average Bonchev–Trinajstić information content (AvgIpc) is 2.95. The van der Waals surface area contributed by atoms with Crippen LogP contribution in [0.2, 0.25) is 5.02 Å². The SMILES string of the molecule is CCOc1ccc(N(CC(=O)N(Cc2ccccc2F)[C@@H](C)C(=O)N[C@@H](C)CC)S(=O)(=O)c2ccc(Cl)cc2)cc1. The summed E-state index contributed by atoms with van der Waals surface area (Å²) in [5.41, 5.74) is 0.400. The zero-order valence-electron chi connectivity index (χ0n) is 23.5. The van der Waals surface area contributed by atoms with Gasteiger partial charge in [0, 0.05) is 23.2 Å². The summed E-state index contributed by atoms with van der Waals surface area (Å²) in [6, 6.07) is 16.6. The van der Waals surface area contributed by atoms with Crippen LogP contribution in [-0.4, -0.2) is 50.4 Å². The third kappa shape index (κ3) is 8.20. The molecule has 0 aliphatic carbocycles. The minimum absolute atomic E-state index is 0.0770. The molecule has 0 aliphatic rings. The van der Waals surface area contributed by atoms with E-state index in [9.17, 15) is 22.4 Å². The second-order valence-corrected chi connectivity index (χ2v) is 11.8. The fourth-order valence-corrected chi connectivity index (χ4v) is 5.54. The molecule has 0 saturated heterocycles. The Morgan fingerprint density at radius 2 is 1.61 bits per heavy atom. The summed E-state index contributed by atoms with van der Waals surface area (Å²) in [6.45, 7) is 6.64. The average molecular weight is 604 g/mol. The number of carbonyl (C=O) groups excluding carboxylic acids is 2. The fraction of sp³-hybridized carbons (Fsp3) is 0.333. The van der Waals surface area contributed by atoms with Gasteiger partial charge in [-0.3, -0.25) is 13.9 Å². The summed E-state index contributed by atoms with van der Waals surface area (Å²) in [5.74, 6) is -1.14. The number of rotatable bonds is 13. The van der Waals surface area contributed by atoms with Gasteiger partial charge in [-0.1, -0.05) is 36.7 Å². The van der Waals surface area contributed by atoms with Crippen LogP contribution in [0.3, 0.4) is 0 Å². The Morgan fingerprint density at radius 1 is 0.976 bits per heavy atom. The summed E-state index contributed by atoms with van der Waals surface area (Å²) in [5, 5.41) is 3.20. The second kappa shape index (κ2) is 14.3. The normalized spacial score (nSPS) is 12.7. The molecule has 0 radical (unpaired) electrons. The van der Waals surface area contributed by atoms with E-state index < -0.39 is 40.2 Å². The largest absolute Gasteiger partial charge is 0.494 e. The van der Waals surface area contributed by atoms with Crippen molar-refractivity contribution < 1.29 is 27.1 Å². The predicted octanol–water partition coefficient (Wildman–Crippen LogP) is 5.41. The number of hydrogen-bond donors (Lipinski definition) is 1. The Morgan fingerprint density at radius 3 is 2.20 bits per heavy atom. The van der Waals surface area contributed by atoms with Crippen molar-refractivity contribution in [2.24, 2.45) is 0 Å². The number of benzene rings is 3. The molecule has 0 aliphatic heterocycles. The van der Waals surface area contributed by atoms with Crippen molar-refractivity contribution in [1.82, 2.24) is 10.2 Å². The van der Waals surface area contributed by atoms with Gasteiger partial charge in [-0.05, 0) is 81.8 Å². The summed E-state index contributed by atoms with van der Waals surface area (Å²) in [7, 11) is -4.26. The number of ether oxygens (including phenoxy) is 1. The quantitative estimate of drug-likeness (QED) is 0.282. The van der Waals surface area contributed by atoms with Gasteiger partial charge in [-0.15, -0.1) is 0 Å². The lowest BCUT2D eigenvalue weighted by atomic mass is 10.1. The third-order valence-corrected chi connectivity index (χ3v) is 8.62. The number of nitrogens with one attached hydrogen (secondary N) is 1. The van der Waals surface area contributed by atoms with Crippen LogP contribution in [-0.2, 0) is 26.2 Å². The van der Waals surface area contributed by atoms with E-state index in [-0.39, 0.29) is 28.7 Å². The smallest absolute Gasteiger partial charge is 0.264 e. The van der Waals surface area contributed by atoms with E-state index in [4.69, 9.17) is 16.3 Å². The Labute approximate surface area is 246 Å². The lowest BCUT2D eigenvalue weighted by molar-refractivity contribution is -0.139. The molecule has 3 aromatic carbocycles. The first-order valence-electron chi connectivity index (χ1n) is 13.3. The molecule has 1 N–H and O–H groups in total. The first-order valence-corrected chi connectivity index (χ1v) is 15.1. The van der Waals surface area contributed by atoms with Crippen molar-refractivity contribution in [3.8, 4) is 5.75 Å². The fourth-order valence-electron chi connectivity index (χ4n) is 4.00. The maximum atomic E-state index is 14.6. The van der Waals surface area contributed by atoms with Crippen LogP contribution < -0.4 is 14.4 Å². The van der Waals surface area contributed by atoms with Gasteiger partial charge in [0.1, 0.15) is 24.2 Å². The van der Waals surface area contributed by atoms with Gasteiger partial charge in [-0.25, -0.2) is 12.8 Å². The Balaban J connectivity index is 2.04. The van der Waals surface area contributed by atoms with Crippen LogP contribution in [0.1, 0.15) is 39.7 Å².